The van der Waals surface area contributed by atoms with Crippen LogP contribution >= 0.6 is 23.4 Å². The first-order chi connectivity index (χ1) is 6.72. The fourth-order valence-electron chi connectivity index (χ4n) is 0.839. The van der Waals surface area contributed by atoms with Gasteiger partial charge in [0.25, 0.3) is 0 Å². The summed E-state index contributed by atoms with van der Waals surface area (Å²) in [5.41, 5.74) is 2.07. The summed E-state index contributed by atoms with van der Waals surface area (Å²) in [6, 6.07) is 3.52. The van der Waals surface area contributed by atoms with E-state index in [9.17, 15) is 4.79 Å². The molecular formula is C8H11ClN2O2S. The summed E-state index contributed by atoms with van der Waals surface area (Å²) in [4.78, 5) is 10.7. The average molecular weight is 235 g/mol. The van der Waals surface area contributed by atoms with Gasteiger partial charge in [0.05, 0.1) is 5.75 Å². The first-order valence-corrected chi connectivity index (χ1v) is 5.57. The number of thioether (sulfide) groups is 1. The normalized spacial score (nSPS) is 10.1. The van der Waals surface area contributed by atoms with Crippen molar-refractivity contribution in [2.24, 2.45) is 5.84 Å². The summed E-state index contributed by atoms with van der Waals surface area (Å²) >= 11 is 7.18. The minimum absolute atomic E-state index is 0.157. The van der Waals surface area contributed by atoms with E-state index in [1.807, 2.05) is 6.07 Å². The number of carbonyl (C=O) groups is 1. The zero-order chi connectivity index (χ0) is 10.4. The number of hydrogen-bond donors (Lipinski definition) is 2. The second-order valence-corrected chi connectivity index (χ2v) is 4.05. The lowest BCUT2D eigenvalue weighted by Crippen LogP contribution is -2.30. The molecule has 0 saturated carbocycles. The summed E-state index contributed by atoms with van der Waals surface area (Å²) in [5, 5.41) is 0.389. The quantitative estimate of drug-likeness (QED) is 0.351. The number of hydrazine groups is 1. The van der Waals surface area contributed by atoms with Crippen molar-refractivity contribution in [2.45, 2.75) is 12.2 Å². The van der Waals surface area contributed by atoms with Gasteiger partial charge in [0, 0.05) is 12.2 Å². The number of hydrogen-bond acceptors (Lipinski definition) is 4. The predicted octanol–water partition coefficient (Wildman–Crippen LogP) is 1.55. The topological polar surface area (TPSA) is 68.3 Å². The lowest BCUT2D eigenvalue weighted by molar-refractivity contribution is -0.120. The molecule has 0 aliphatic heterocycles. The van der Waals surface area contributed by atoms with Crippen molar-refractivity contribution in [1.82, 2.24) is 5.43 Å². The molecule has 1 aromatic rings. The van der Waals surface area contributed by atoms with E-state index in [0.29, 0.717) is 23.1 Å². The Balaban J connectivity index is 2.13. The molecular weight excluding hydrogens is 224 g/mol. The van der Waals surface area contributed by atoms with Gasteiger partial charge in [0.2, 0.25) is 5.91 Å². The van der Waals surface area contributed by atoms with Crippen molar-refractivity contribution in [2.75, 3.05) is 5.75 Å². The fourth-order valence-corrected chi connectivity index (χ4v) is 1.83. The van der Waals surface area contributed by atoms with Crippen molar-refractivity contribution in [3.8, 4) is 0 Å². The third kappa shape index (κ3) is 4.04. The van der Waals surface area contributed by atoms with Gasteiger partial charge in [-0.1, -0.05) is 0 Å². The fraction of sp³-hybridized carbons (Fsp3) is 0.375. The molecule has 0 spiro atoms. The third-order valence-corrected chi connectivity index (χ3v) is 2.69. The molecule has 1 rings (SSSR count). The number of halogens is 1. The van der Waals surface area contributed by atoms with Gasteiger partial charge in [-0.3, -0.25) is 10.2 Å². The molecule has 78 valence electrons. The van der Waals surface area contributed by atoms with Gasteiger partial charge < -0.3 is 4.42 Å². The summed E-state index contributed by atoms with van der Waals surface area (Å²) in [6.45, 7) is 0. The van der Waals surface area contributed by atoms with Gasteiger partial charge in [-0.15, -0.1) is 0 Å². The SMILES string of the molecule is NNC(=O)CCSCc1ccc(Cl)o1. The Labute approximate surface area is 91.1 Å². The van der Waals surface area contributed by atoms with Crippen LogP contribution in [0.2, 0.25) is 5.22 Å². The van der Waals surface area contributed by atoms with Crippen LogP contribution in [0.1, 0.15) is 12.2 Å². The molecule has 0 atom stereocenters. The zero-order valence-corrected chi connectivity index (χ0v) is 9.03. The second kappa shape index (κ2) is 5.95. The molecule has 1 aromatic heterocycles. The molecule has 1 heterocycles. The smallest absolute Gasteiger partial charge is 0.234 e. The number of nitrogens with two attached hydrogens (primary N) is 1. The van der Waals surface area contributed by atoms with Gasteiger partial charge >= 0.3 is 0 Å². The molecule has 1 amide bonds. The van der Waals surface area contributed by atoms with E-state index >= 15 is 0 Å². The second-order valence-electron chi connectivity index (χ2n) is 2.58. The van der Waals surface area contributed by atoms with Crippen LogP contribution in [0.3, 0.4) is 0 Å². The Morgan fingerprint density at radius 3 is 3.00 bits per heavy atom. The third-order valence-electron chi connectivity index (χ3n) is 1.51. The number of nitrogens with one attached hydrogen (secondary N) is 1. The summed E-state index contributed by atoms with van der Waals surface area (Å²) in [5.74, 6) is 7.00. The molecule has 3 N–H and O–H groups in total. The van der Waals surface area contributed by atoms with E-state index in [0.717, 1.165) is 5.76 Å². The summed E-state index contributed by atoms with van der Waals surface area (Å²) in [7, 11) is 0. The molecule has 6 heteroatoms. The highest BCUT2D eigenvalue weighted by Crippen LogP contribution is 2.18. The zero-order valence-electron chi connectivity index (χ0n) is 7.46. The maximum atomic E-state index is 10.7. The first kappa shape index (κ1) is 11.4. The van der Waals surface area contributed by atoms with E-state index in [-0.39, 0.29) is 5.91 Å². The molecule has 0 saturated heterocycles. The van der Waals surface area contributed by atoms with Crippen molar-refractivity contribution in [3.63, 3.8) is 0 Å². The van der Waals surface area contributed by atoms with E-state index in [2.05, 4.69) is 5.43 Å². The van der Waals surface area contributed by atoms with Gasteiger partial charge in [0.15, 0.2) is 5.22 Å². The Kier molecular flexibility index (Phi) is 4.86. The molecule has 0 aliphatic rings. The highest BCUT2D eigenvalue weighted by Gasteiger charge is 2.01. The van der Waals surface area contributed by atoms with E-state index < -0.39 is 0 Å². The van der Waals surface area contributed by atoms with E-state index in [4.69, 9.17) is 21.9 Å². The maximum absolute atomic E-state index is 10.7. The summed E-state index contributed by atoms with van der Waals surface area (Å²) < 4.78 is 5.14. The van der Waals surface area contributed by atoms with Crippen LogP contribution < -0.4 is 11.3 Å². The number of rotatable bonds is 5. The van der Waals surface area contributed by atoms with Crippen LogP contribution in [0.5, 0.6) is 0 Å². The Bertz CT molecular complexity index is 303. The number of amides is 1. The molecule has 0 radical (unpaired) electrons. The Morgan fingerprint density at radius 1 is 1.64 bits per heavy atom. The predicted molar refractivity (Wildman–Crippen MR) is 56.8 cm³/mol. The van der Waals surface area contributed by atoms with Crippen LogP contribution in [-0.2, 0) is 10.5 Å². The Morgan fingerprint density at radius 2 is 2.43 bits per heavy atom. The van der Waals surface area contributed by atoms with Gasteiger partial charge in [-0.25, -0.2) is 5.84 Å². The first-order valence-electron chi connectivity index (χ1n) is 4.04. The largest absolute Gasteiger partial charge is 0.449 e. The molecule has 0 aliphatic carbocycles. The molecule has 0 fully saturated rings. The molecule has 14 heavy (non-hydrogen) atoms. The highest BCUT2D eigenvalue weighted by molar-refractivity contribution is 7.98. The van der Waals surface area contributed by atoms with Crippen LogP contribution in [-0.4, -0.2) is 11.7 Å². The van der Waals surface area contributed by atoms with Crippen molar-refractivity contribution in [3.05, 3.63) is 23.1 Å². The maximum Gasteiger partial charge on any atom is 0.234 e. The minimum atomic E-state index is -0.157. The van der Waals surface area contributed by atoms with Crippen LogP contribution in [0.4, 0.5) is 0 Å². The monoisotopic (exact) mass is 234 g/mol. The highest BCUT2D eigenvalue weighted by atomic mass is 35.5. The van der Waals surface area contributed by atoms with Crippen molar-refractivity contribution >= 4 is 29.3 Å². The van der Waals surface area contributed by atoms with Crippen molar-refractivity contribution < 1.29 is 9.21 Å². The van der Waals surface area contributed by atoms with Crippen LogP contribution in [0.25, 0.3) is 0 Å². The van der Waals surface area contributed by atoms with Crippen LogP contribution in [0.15, 0.2) is 16.5 Å². The van der Waals surface area contributed by atoms with E-state index in [1.165, 1.54) is 0 Å². The number of carbonyl (C=O) groups excluding carboxylic acids is 1. The minimum Gasteiger partial charge on any atom is -0.449 e. The molecule has 0 bridgehead atoms. The standard InChI is InChI=1S/C8H11ClN2O2S/c9-7-2-1-6(13-7)5-14-4-3-8(12)11-10/h1-2H,3-5,10H2,(H,11,12). The Hall–Kier alpha value is -0.650. The van der Waals surface area contributed by atoms with Gasteiger partial charge in [-0.05, 0) is 23.7 Å². The molecule has 0 aromatic carbocycles. The average Bonchev–Trinajstić information content (AvgIpc) is 2.58. The van der Waals surface area contributed by atoms with E-state index in [1.54, 1.807) is 17.8 Å². The van der Waals surface area contributed by atoms with Gasteiger partial charge in [-0.2, -0.15) is 11.8 Å². The van der Waals surface area contributed by atoms with Crippen LogP contribution in [0, 0.1) is 0 Å². The van der Waals surface area contributed by atoms with Crippen molar-refractivity contribution in [1.29, 1.82) is 0 Å². The molecule has 4 nitrogen and oxygen atoms in total. The number of furan rings is 1. The summed E-state index contributed by atoms with van der Waals surface area (Å²) in [6.07, 6.45) is 0.412. The van der Waals surface area contributed by atoms with Gasteiger partial charge in [0.1, 0.15) is 5.76 Å². The lowest BCUT2D eigenvalue weighted by Gasteiger charge is -1.98. The lowest BCUT2D eigenvalue weighted by atomic mass is 10.5. The molecule has 0 unspecified atom stereocenters.